The fourth-order valence-corrected chi connectivity index (χ4v) is 1.66. The van der Waals surface area contributed by atoms with E-state index in [9.17, 15) is 14.0 Å². The van der Waals surface area contributed by atoms with Gasteiger partial charge in [0.1, 0.15) is 5.82 Å². The molecule has 0 aliphatic heterocycles. The molecule has 0 bridgehead atoms. The second-order valence-corrected chi connectivity index (χ2v) is 4.24. The standard InChI is InChI=1S/C15H12FN3O3/c16-13-4-2-1-3-12(13)15(21)18-17-9-10-5-7-11(8-6-10)14(20)19-22/h1-9,22H,(H,18,21)(H,19,20). The third-order valence-electron chi connectivity index (χ3n) is 2.77. The summed E-state index contributed by atoms with van der Waals surface area (Å²) in [6.45, 7) is 0. The molecule has 2 aromatic rings. The molecule has 0 unspecified atom stereocenters. The quantitative estimate of drug-likeness (QED) is 0.456. The Kier molecular flexibility index (Phi) is 4.94. The van der Waals surface area contributed by atoms with Gasteiger partial charge in [-0.3, -0.25) is 14.8 Å². The molecule has 2 rings (SSSR count). The fourth-order valence-electron chi connectivity index (χ4n) is 1.66. The van der Waals surface area contributed by atoms with Crippen LogP contribution < -0.4 is 10.9 Å². The Hall–Kier alpha value is -3.06. The summed E-state index contributed by atoms with van der Waals surface area (Å²) in [5.74, 6) is -1.92. The summed E-state index contributed by atoms with van der Waals surface area (Å²) in [6, 6.07) is 11.7. The van der Waals surface area contributed by atoms with Crippen molar-refractivity contribution in [1.82, 2.24) is 10.9 Å². The molecule has 0 saturated heterocycles. The SMILES string of the molecule is O=C(NO)c1ccc(C=NNC(=O)c2ccccc2F)cc1. The zero-order valence-corrected chi connectivity index (χ0v) is 11.3. The number of hydroxylamine groups is 1. The van der Waals surface area contributed by atoms with Crippen LogP contribution in [0.1, 0.15) is 26.3 Å². The number of carbonyl (C=O) groups is 2. The zero-order chi connectivity index (χ0) is 15.9. The molecule has 0 atom stereocenters. The summed E-state index contributed by atoms with van der Waals surface area (Å²) in [7, 11) is 0. The van der Waals surface area contributed by atoms with Crippen molar-refractivity contribution in [2.45, 2.75) is 0 Å². The second-order valence-electron chi connectivity index (χ2n) is 4.24. The largest absolute Gasteiger partial charge is 0.288 e. The van der Waals surface area contributed by atoms with Gasteiger partial charge in [0.05, 0.1) is 11.8 Å². The van der Waals surface area contributed by atoms with Crippen LogP contribution in [0, 0.1) is 5.82 Å². The summed E-state index contributed by atoms with van der Waals surface area (Å²) >= 11 is 0. The number of hydrogen-bond donors (Lipinski definition) is 3. The van der Waals surface area contributed by atoms with Gasteiger partial charge >= 0.3 is 0 Å². The summed E-state index contributed by atoms with van der Waals surface area (Å²) in [5, 5.41) is 12.2. The van der Waals surface area contributed by atoms with Gasteiger partial charge in [0.15, 0.2) is 0 Å². The highest BCUT2D eigenvalue weighted by molar-refractivity contribution is 5.96. The molecule has 6 nitrogen and oxygen atoms in total. The van der Waals surface area contributed by atoms with Crippen LogP contribution >= 0.6 is 0 Å². The third kappa shape index (κ3) is 3.74. The normalized spacial score (nSPS) is 10.5. The van der Waals surface area contributed by atoms with Gasteiger partial charge in [-0.1, -0.05) is 24.3 Å². The van der Waals surface area contributed by atoms with Crippen LogP contribution in [-0.4, -0.2) is 23.2 Å². The van der Waals surface area contributed by atoms with E-state index in [-0.39, 0.29) is 11.1 Å². The summed E-state index contributed by atoms with van der Waals surface area (Å²) in [6.07, 6.45) is 1.35. The van der Waals surface area contributed by atoms with Crippen molar-refractivity contribution in [1.29, 1.82) is 0 Å². The molecule has 0 saturated carbocycles. The Morgan fingerprint density at radius 2 is 1.73 bits per heavy atom. The van der Waals surface area contributed by atoms with E-state index in [1.807, 2.05) is 0 Å². The lowest BCUT2D eigenvalue weighted by Crippen LogP contribution is -2.19. The third-order valence-corrected chi connectivity index (χ3v) is 2.77. The molecule has 0 heterocycles. The fraction of sp³-hybridized carbons (Fsp3) is 0. The van der Waals surface area contributed by atoms with E-state index >= 15 is 0 Å². The highest BCUT2D eigenvalue weighted by Crippen LogP contribution is 2.06. The van der Waals surface area contributed by atoms with Crippen molar-refractivity contribution >= 4 is 18.0 Å². The Bertz CT molecular complexity index is 714. The molecule has 0 aliphatic carbocycles. The highest BCUT2D eigenvalue weighted by Gasteiger charge is 2.09. The Morgan fingerprint density at radius 1 is 1.05 bits per heavy atom. The molecule has 0 radical (unpaired) electrons. The van der Waals surface area contributed by atoms with Gasteiger partial charge < -0.3 is 0 Å². The minimum atomic E-state index is -0.661. The minimum absolute atomic E-state index is 0.102. The zero-order valence-electron chi connectivity index (χ0n) is 11.3. The van der Waals surface area contributed by atoms with Gasteiger partial charge in [-0.05, 0) is 29.8 Å². The summed E-state index contributed by atoms with van der Waals surface area (Å²) in [5.41, 5.74) is 4.51. The first-order valence-corrected chi connectivity index (χ1v) is 6.24. The number of halogens is 1. The maximum absolute atomic E-state index is 13.4. The lowest BCUT2D eigenvalue weighted by molar-refractivity contribution is 0.0706. The van der Waals surface area contributed by atoms with Crippen LogP contribution in [-0.2, 0) is 0 Å². The topological polar surface area (TPSA) is 90.8 Å². The molecule has 22 heavy (non-hydrogen) atoms. The van der Waals surface area contributed by atoms with Crippen LogP contribution in [0.4, 0.5) is 4.39 Å². The molecule has 0 spiro atoms. The Labute approximate surface area is 125 Å². The van der Waals surface area contributed by atoms with Crippen molar-refractivity contribution in [3.05, 3.63) is 71.0 Å². The van der Waals surface area contributed by atoms with E-state index in [2.05, 4.69) is 10.5 Å². The van der Waals surface area contributed by atoms with Crippen LogP contribution in [0.2, 0.25) is 0 Å². The second kappa shape index (κ2) is 7.09. The first-order valence-electron chi connectivity index (χ1n) is 6.24. The maximum Gasteiger partial charge on any atom is 0.274 e. The smallest absolute Gasteiger partial charge is 0.274 e. The number of amides is 2. The first kappa shape index (κ1) is 15.3. The Balaban J connectivity index is 1.99. The average molecular weight is 301 g/mol. The summed E-state index contributed by atoms with van der Waals surface area (Å²) in [4.78, 5) is 22.8. The lowest BCUT2D eigenvalue weighted by Gasteiger charge is -2.01. The van der Waals surface area contributed by atoms with E-state index < -0.39 is 17.6 Å². The first-order chi connectivity index (χ1) is 10.6. The molecule has 3 N–H and O–H groups in total. The van der Waals surface area contributed by atoms with E-state index in [0.717, 1.165) is 0 Å². The average Bonchev–Trinajstić information content (AvgIpc) is 2.55. The number of nitrogens with one attached hydrogen (secondary N) is 2. The van der Waals surface area contributed by atoms with E-state index in [0.29, 0.717) is 5.56 Å². The number of hydrazone groups is 1. The predicted molar refractivity (Wildman–Crippen MR) is 77.2 cm³/mol. The molecule has 0 aliphatic rings. The molecule has 2 amide bonds. The predicted octanol–water partition coefficient (Wildman–Crippen LogP) is 1.71. The van der Waals surface area contributed by atoms with Crippen molar-refractivity contribution < 1.29 is 19.2 Å². The minimum Gasteiger partial charge on any atom is -0.288 e. The van der Waals surface area contributed by atoms with Crippen LogP contribution in [0.15, 0.2) is 53.6 Å². The molecule has 0 fully saturated rings. The van der Waals surface area contributed by atoms with Gasteiger partial charge in [0, 0.05) is 5.56 Å². The number of benzene rings is 2. The highest BCUT2D eigenvalue weighted by atomic mass is 19.1. The van der Waals surface area contributed by atoms with Crippen molar-refractivity contribution in [3.63, 3.8) is 0 Å². The van der Waals surface area contributed by atoms with E-state index in [4.69, 9.17) is 5.21 Å². The molecular weight excluding hydrogens is 289 g/mol. The molecule has 7 heteroatoms. The number of nitrogens with zero attached hydrogens (tertiary/aromatic N) is 1. The van der Waals surface area contributed by atoms with Crippen LogP contribution in [0.3, 0.4) is 0 Å². The number of hydrogen-bond acceptors (Lipinski definition) is 4. The van der Waals surface area contributed by atoms with Gasteiger partial charge in [0.25, 0.3) is 11.8 Å². The molecule has 0 aromatic heterocycles. The van der Waals surface area contributed by atoms with Crippen molar-refractivity contribution in [2.24, 2.45) is 5.10 Å². The molecule has 2 aromatic carbocycles. The van der Waals surface area contributed by atoms with Crippen molar-refractivity contribution in [3.8, 4) is 0 Å². The van der Waals surface area contributed by atoms with Gasteiger partial charge in [0.2, 0.25) is 0 Å². The van der Waals surface area contributed by atoms with Crippen LogP contribution in [0.5, 0.6) is 0 Å². The summed E-state index contributed by atoms with van der Waals surface area (Å²) < 4.78 is 13.4. The van der Waals surface area contributed by atoms with Gasteiger partial charge in [-0.2, -0.15) is 5.10 Å². The van der Waals surface area contributed by atoms with E-state index in [1.54, 1.807) is 18.2 Å². The number of carbonyl (C=O) groups excluding carboxylic acids is 2. The lowest BCUT2D eigenvalue weighted by atomic mass is 10.1. The van der Waals surface area contributed by atoms with Crippen molar-refractivity contribution in [2.75, 3.05) is 0 Å². The number of rotatable bonds is 4. The van der Waals surface area contributed by atoms with Gasteiger partial charge in [-0.25, -0.2) is 15.3 Å². The monoisotopic (exact) mass is 301 g/mol. The molecular formula is C15H12FN3O3. The van der Waals surface area contributed by atoms with E-state index in [1.165, 1.54) is 42.0 Å². The Morgan fingerprint density at radius 3 is 2.36 bits per heavy atom. The van der Waals surface area contributed by atoms with Crippen LogP contribution in [0.25, 0.3) is 0 Å². The molecule has 112 valence electrons. The maximum atomic E-state index is 13.4. The van der Waals surface area contributed by atoms with Gasteiger partial charge in [-0.15, -0.1) is 0 Å².